The van der Waals surface area contributed by atoms with E-state index >= 15 is 0 Å². The van der Waals surface area contributed by atoms with Gasteiger partial charge in [0, 0.05) is 6.42 Å². The quantitative estimate of drug-likeness (QED) is 0.281. The lowest BCUT2D eigenvalue weighted by atomic mass is 10.1. The maximum atomic E-state index is 10.00. The monoisotopic (exact) mass is 263 g/mol. The Kier molecular flexibility index (Phi) is 16.4. The van der Waals surface area contributed by atoms with Gasteiger partial charge in [0.25, 0.3) is 0 Å². The normalized spacial score (nSPS) is 11.6. The van der Waals surface area contributed by atoms with Crippen molar-refractivity contribution in [3.8, 4) is 0 Å². The van der Waals surface area contributed by atoms with Gasteiger partial charge in [-0.05, 0) is 38.5 Å². The van der Waals surface area contributed by atoms with Crippen LogP contribution in [0, 0.1) is 0 Å². The highest BCUT2D eigenvalue weighted by atomic mass is 16.1. The third kappa shape index (κ3) is 17.1. The molecule has 0 saturated carbocycles. The summed E-state index contributed by atoms with van der Waals surface area (Å²) in [5.41, 5.74) is 0. The summed E-state index contributed by atoms with van der Waals surface area (Å²) in [7, 11) is 0. The second kappa shape index (κ2) is 17.2. The topological polar surface area (TPSA) is 17.1 Å². The third-order valence-corrected chi connectivity index (χ3v) is 3.23. The van der Waals surface area contributed by atoms with Crippen LogP contribution in [0.3, 0.4) is 0 Å². The minimum atomic E-state index is 0.616. The average Bonchev–Trinajstić information content (AvgIpc) is 2.43. The number of unbranched alkanes of at least 4 members (excludes halogenated alkanes) is 9. The minimum Gasteiger partial charge on any atom is -0.291 e. The molecule has 0 fully saturated rings. The van der Waals surface area contributed by atoms with E-state index in [2.05, 4.69) is 31.2 Å². The van der Waals surface area contributed by atoms with Gasteiger partial charge >= 0.3 is 0 Å². The van der Waals surface area contributed by atoms with E-state index in [4.69, 9.17) is 0 Å². The number of allylic oxidation sites excluding steroid dienone is 4. The molecule has 1 heteroatoms. The van der Waals surface area contributed by atoms with E-state index < -0.39 is 0 Å². The van der Waals surface area contributed by atoms with Crippen molar-refractivity contribution in [1.29, 1.82) is 0 Å². The minimum absolute atomic E-state index is 0.616. The van der Waals surface area contributed by atoms with Crippen LogP contribution in [-0.2, 0) is 4.79 Å². The molecule has 0 unspecified atom stereocenters. The summed E-state index contributed by atoms with van der Waals surface area (Å²) in [5, 5.41) is 0. The lowest BCUT2D eigenvalue weighted by Gasteiger charge is -1.96. The van der Waals surface area contributed by atoms with E-state index in [1.54, 1.807) is 0 Å². The number of rotatable bonds is 14. The van der Waals surface area contributed by atoms with Gasteiger partial charge in [0.1, 0.15) is 0 Å². The van der Waals surface area contributed by atoms with E-state index in [0.29, 0.717) is 6.42 Å². The molecule has 0 aromatic carbocycles. The van der Waals surface area contributed by atoms with Crippen molar-refractivity contribution in [3.05, 3.63) is 24.3 Å². The van der Waals surface area contributed by atoms with Gasteiger partial charge < -0.3 is 0 Å². The van der Waals surface area contributed by atoms with E-state index in [1.807, 2.05) is 6.29 Å². The van der Waals surface area contributed by atoms with Gasteiger partial charge in [0.15, 0.2) is 6.29 Å². The van der Waals surface area contributed by atoms with Crippen LogP contribution in [0.4, 0.5) is 0 Å². The van der Waals surface area contributed by atoms with Crippen LogP contribution in [0.15, 0.2) is 24.3 Å². The van der Waals surface area contributed by atoms with E-state index in [0.717, 1.165) is 12.8 Å². The van der Waals surface area contributed by atoms with Gasteiger partial charge in [-0.1, -0.05) is 63.3 Å². The zero-order valence-corrected chi connectivity index (χ0v) is 12.7. The molecule has 0 aliphatic heterocycles. The standard InChI is InChI=1S/C18H31O/c1-2-3-4-5-6-7-8-9-10-11-12-13-14-15-16-17-18-19/h6-7,9-10H,2-5,8,11-17H2,1H3. The maximum Gasteiger partial charge on any atom is 0.198 e. The molecule has 0 spiro atoms. The molecule has 19 heavy (non-hydrogen) atoms. The van der Waals surface area contributed by atoms with Crippen LogP contribution in [0.25, 0.3) is 0 Å². The van der Waals surface area contributed by atoms with Crippen molar-refractivity contribution in [2.24, 2.45) is 0 Å². The van der Waals surface area contributed by atoms with Gasteiger partial charge in [0.05, 0.1) is 0 Å². The summed E-state index contributed by atoms with van der Waals surface area (Å²) in [5.74, 6) is 0. The van der Waals surface area contributed by atoms with Crippen molar-refractivity contribution in [2.75, 3.05) is 0 Å². The van der Waals surface area contributed by atoms with Gasteiger partial charge in [-0.15, -0.1) is 0 Å². The fourth-order valence-corrected chi connectivity index (χ4v) is 2.01. The molecule has 0 saturated heterocycles. The van der Waals surface area contributed by atoms with Gasteiger partial charge in [0.2, 0.25) is 0 Å². The summed E-state index contributed by atoms with van der Waals surface area (Å²) < 4.78 is 0. The molecule has 1 nitrogen and oxygen atoms in total. The average molecular weight is 263 g/mol. The second-order valence-electron chi connectivity index (χ2n) is 5.13. The molecular formula is C18H31O. The summed E-state index contributed by atoms with van der Waals surface area (Å²) in [6.45, 7) is 2.24. The van der Waals surface area contributed by atoms with Gasteiger partial charge in [-0.2, -0.15) is 0 Å². The molecule has 0 aliphatic rings. The summed E-state index contributed by atoms with van der Waals surface area (Å²) >= 11 is 0. The highest BCUT2D eigenvalue weighted by molar-refractivity contribution is 5.50. The molecular weight excluding hydrogens is 232 g/mol. The van der Waals surface area contributed by atoms with Crippen molar-refractivity contribution in [2.45, 2.75) is 84.0 Å². The molecule has 0 aromatic rings. The summed E-state index contributed by atoms with van der Waals surface area (Å²) in [6.07, 6.45) is 25.3. The Balaban J connectivity index is 3.14. The van der Waals surface area contributed by atoms with Crippen molar-refractivity contribution in [1.82, 2.24) is 0 Å². The van der Waals surface area contributed by atoms with E-state index in [9.17, 15) is 4.79 Å². The van der Waals surface area contributed by atoms with Crippen LogP contribution < -0.4 is 0 Å². The highest BCUT2D eigenvalue weighted by Crippen LogP contribution is 2.07. The zero-order valence-electron chi connectivity index (χ0n) is 12.7. The van der Waals surface area contributed by atoms with Gasteiger partial charge in [-0.25, -0.2) is 0 Å². The molecule has 0 amide bonds. The predicted octanol–water partition coefficient (Wildman–Crippen LogP) is 5.91. The van der Waals surface area contributed by atoms with Crippen LogP contribution >= 0.6 is 0 Å². The first-order valence-electron chi connectivity index (χ1n) is 8.06. The van der Waals surface area contributed by atoms with E-state index in [1.165, 1.54) is 57.8 Å². The predicted molar refractivity (Wildman–Crippen MR) is 85.1 cm³/mol. The smallest absolute Gasteiger partial charge is 0.198 e. The first-order chi connectivity index (χ1) is 9.41. The summed E-state index contributed by atoms with van der Waals surface area (Å²) in [4.78, 5) is 10.00. The van der Waals surface area contributed by atoms with Crippen LogP contribution in [0.2, 0.25) is 0 Å². The Bertz CT molecular complexity index is 228. The first-order valence-corrected chi connectivity index (χ1v) is 8.06. The Morgan fingerprint density at radius 1 is 0.737 bits per heavy atom. The van der Waals surface area contributed by atoms with E-state index in [-0.39, 0.29) is 0 Å². The second-order valence-corrected chi connectivity index (χ2v) is 5.13. The molecule has 0 bridgehead atoms. The largest absolute Gasteiger partial charge is 0.291 e. The Hall–Kier alpha value is -0.850. The zero-order chi connectivity index (χ0) is 14.0. The molecule has 0 N–H and O–H groups in total. The molecule has 0 rings (SSSR count). The Morgan fingerprint density at radius 3 is 1.95 bits per heavy atom. The van der Waals surface area contributed by atoms with Crippen LogP contribution in [0.1, 0.15) is 84.0 Å². The molecule has 0 aromatic heterocycles. The molecule has 109 valence electrons. The van der Waals surface area contributed by atoms with Crippen molar-refractivity contribution < 1.29 is 4.79 Å². The molecule has 0 heterocycles. The Morgan fingerprint density at radius 2 is 1.32 bits per heavy atom. The van der Waals surface area contributed by atoms with Crippen LogP contribution in [0.5, 0.6) is 0 Å². The number of carbonyl (C=O) groups excluding carboxylic acids is 1. The maximum absolute atomic E-state index is 10.00. The lowest BCUT2D eigenvalue weighted by molar-refractivity contribution is 0.542. The Labute approximate surface area is 120 Å². The first kappa shape index (κ1) is 18.1. The fourth-order valence-electron chi connectivity index (χ4n) is 2.01. The summed E-state index contributed by atoms with van der Waals surface area (Å²) in [6, 6.07) is 0. The van der Waals surface area contributed by atoms with Crippen LogP contribution in [-0.4, -0.2) is 6.29 Å². The number of hydrogen-bond acceptors (Lipinski definition) is 1. The van der Waals surface area contributed by atoms with Gasteiger partial charge in [-0.3, -0.25) is 4.79 Å². The highest BCUT2D eigenvalue weighted by Gasteiger charge is 1.89. The third-order valence-electron chi connectivity index (χ3n) is 3.23. The SMILES string of the molecule is CCCCCC=CCC=CCCCCCCC[C]=O. The molecule has 1 radical (unpaired) electrons. The molecule has 0 aliphatic carbocycles. The van der Waals surface area contributed by atoms with Crippen molar-refractivity contribution >= 4 is 6.29 Å². The van der Waals surface area contributed by atoms with Crippen molar-refractivity contribution in [3.63, 3.8) is 0 Å². The molecule has 0 atom stereocenters. The number of hydrogen-bond donors (Lipinski definition) is 0. The lowest BCUT2D eigenvalue weighted by Crippen LogP contribution is -1.80. The fraction of sp³-hybridized carbons (Fsp3) is 0.722.